The molecule has 0 aromatic heterocycles. The standard InChI is InChI=1S/C16H23FN2/c1-16(2,13-18)10-3-4-11-19-12-9-14-5-7-15(17)8-6-14/h5-8,19H,3-4,9-12H2,1-2H3. The highest BCUT2D eigenvalue weighted by Crippen LogP contribution is 2.21. The van der Waals surface area contributed by atoms with Crippen molar-refractivity contribution in [3.63, 3.8) is 0 Å². The summed E-state index contributed by atoms with van der Waals surface area (Å²) in [5.41, 5.74) is 0.952. The lowest BCUT2D eigenvalue weighted by molar-refractivity contribution is 0.423. The highest BCUT2D eigenvalue weighted by atomic mass is 19.1. The van der Waals surface area contributed by atoms with Gasteiger partial charge >= 0.3 is 0 Å². The number of nitrogens with zero attached hydrogens (tertiary/aromatic N) is 1. The molecule has 0 aliphatic heterocycles. The summed E-state index contributed by atoms with van der Waals surface area (Å²) < 4.78 is 12.7. The molecule has 2 nitrogen and oxygen atoms in total. The highest BCUT2D eigenvalue weighted by molar-refractivity contribution is 5.16. The van der Waals surface area contributed by atoms with Gasteiger partial charge in [0.05, 0.1) is 11.5 Å². The number of nitriles is 1. The normalized spacial score (nSPS) is 11.3. The Balaban J connectivity index is 2.03. The smallest absolute Gasteiger partial charge is 0.123 e. The first-order valence-corrected chi connectivity index (χ1v) is 6.90. The molecule has 0 aliphatic carbocycles. The summed E-state index contributed by atoms with van der Waals surface area (Å²) in [6.45, 7) is 5.85. The van der Waals surface area contributed by atoms with Crippen LogP contribution in [0.1, 0.15) is 38.7 Å². The van der Waals surface area contributed by atoms with Crippen LogP contribution < -0.4 is 5.32 Å². The van der Waals surface area contributed by atoms with Crippen LogP contribution in [0.3, 0.4) is 0 Å². The molecule has 0 bridgehead atoms. The molecule has 0 fully saturated rings. The van der Waals surface area contributed by atoms with Crippen molar-refractivity contribution in [2.75, 3.05) is 13.1 Å². The SMILES string of the molecule is CC(C)(C#N)CCCCNCCc1ccc(F)cc1. The van der Waals surface area contributed by atoms with Crippen LogP contribution in [0.2, 0.25) is 0 Å². The van der Waals surface area contributed by atoms with Crippen molar-refractivity contribution < 1.29 is 4.39 Å². The van der Waals surface area contributed by atoms with Crippen LogP contribution in [0.25, 0.3) is 0 Å². The molecule has 0 saturated heterocycles. The van der Waals surface area contributed by atoms with Crippen LogP contribution in [-0.4, -0.2) is 13.1 Å². The number of rotatable bonds is 8. The lowest BCUT2D eigenvalue weighted by atomic mass is 9.89. The van der Waals surface area contributed by atoms with Gasteiger partial charge in [-0.1, -0.05) is 18.6 Å². The molecular formula is C16H23FN2. The molecular weight excluding hydrogens is 239 g/mol. The maximum Gasteiger partial charge on any atom is 0.123 e. The van der Waals surface area contributed by atoms with Gasteiger partial charge in [-0.3, -0.25) is 0 Å². The molecule has 1 N–H and O–H groups in total. The molecule has 104 valence electrons. The Morgan fingerprint density at radius 3 is 2.47 bits per heavy atom. The summed E-state index contributed by atoms with van der Waals surface area (Å²) in [7, 11) is 0. The minimum atomic E-state index is -0.200. The van der Waals surface area contributed by atoms with Crippen molar-refractivity contribution in [2.24, 2.45) is 5.41 Å². The van der Waals surface area contributed by atoms with Crippen LogP contribution >= 0.6 is 0 Å². The third-order valence-electron chi connectivity index (χ3n) is 3.21. The molecule has 0 heterocycles. The molecule has 0 aliphatic rings. The van der Waals surface area contributed by atoms with Gasteiger partial charge in [-0.05, 0) is 63.9 Å². The first-order valence-electron chi connectivity index (χ1n) is 6.90. The molecule has 0 atom stereocenters. The zero-order valence-corrected chi connectivity index (χ0v) is 11.9. The van der Waals surface area contributed by atoms with Crippen molar-refractivity contribution in [2.45, 2.75) is 39.5 Å². The molecule has 1 rings (SSSR count). The Bertz CT molecular complexity index is 404. The molecule has 19 heavy (non-hydrogen) atoms. The van der Waals surface area contributed by atoms with Crippen molar-refractivity contribution in [1.82, 2.24) is 5.32 Å². The molecule has 3 heteroatoms. The fraction of sp³-hybridized carbons (Fsp3) is 0.562. The van der Waals surface area contributed by atoms with Gasteiger partial charge in [0.25, 0.3) is 0 Å². The second kappa shape index (κ2) is 7.91. The summed E-state index contributed by atoms with van der Waals surface area (Å²) in [6.07, 6.45) is 4.03. The first kappa shape index (κ1) is 15.7. The van der Waals surface area contributed by atoms with Crippen LogP contribution in [0.4, 0.5) is 4.39 Å². The maximum atomic E-state index is 12.7. The second-order valence-corrected chi connectivity index (χ2v) is 5.58. The number of halogens is 1. The molecule has 1 aromatic rings. The predicted molar refractivity (Wildman–Crippen MR) is 76.2 cm³/mol. The lowest BCUT2D eigenvalue weighted by Gasteiger charge is -2.14. The van der Waals surface area contributed by atoms with Crippen molar-refractivity contribution in [3.05, 3.63) is 35.6 Å². The van der Waals surface area contributed by atoms with E-state index in [1.54, 1.807) is 0 Å². The quantitative estimate of drug-likeness (QED) is 0.725. The minimum absolute atomic E-state index is 0.184. The third kappa shape index (κ3) is 6.93. The van der Waals surface area contributed by atoms with Gasteiger partial charge in [0, 0.05) is 0 Å². The molecule has 0 radical (unpaired) electrons. The predicted octanol–water partition coefficient (Wildman–Crippen LogP) is 3.68. The fourth-order valence-electron chi connectivity index (χ4n) is 1.88. The number of hydrogen-bond donors (Lipinski definition) is 1. The summed E-state index contributed by atoms with van der Waals surface area (Å²) in [5, 5.41) is 12.3. The van der Waals surface area contributed by atoms with Crippen LogP contribution in [0, 0.1) is 22.6 Å². The Hall–Kier alpha value is -1.40. The van der Waals surface area contributed by atoms with Crippen molar-refractivity contribution >= 4 is 0 Å². The van der Waals surface area contributed by atoms with Crippen molar-refractivity contribution in [3.8, 4) is 6.07 Å². The van der Waals surface area contributed by atoms with E-state index in [1.165, 1.54) is 12.1 Å². The zero-order valence-electron chi connectivity index (χ0n) is 11.9. The van der Waals surface area contributed by atoms with Gasteiger partial charge in [-0.15, -0.1) is 0 Å². The third-order valence-corrected chi connectivity index (χ3v) is 3.21. The maximum absolute atomic E-state index is 12.7. The monoisotopic (exact) mass is 262 g/mol. The van der Waals surface area contributed by atoms with Gasteiger partial charge < -0.3 is 5.32 Å². The van der Waals surface area contributed by atoms with E-state index in [-0.39, 0.29) is 11.2 Å². The average Bonchev–Trinajstić information content (AvgIpc) is 2.40. The number of benzene rings is 1. The van der Waals surface area contributed by atoms with Gasteiger partial charge in [-0.25, -0.2) is 4.39 Å². The molecule has 0 spiro atoms. The van der Waals surface area contributed by atoms with Crippen molar-refractivity contribution in [1.29, 1.82) is 5.26 Å². The minimum Gasteiger partial charge on any atom is -0.316 e. The molecule has 1 aromatic carbocycles. The lowest BCUT2D eigenvalue weighted by Crippen LogP contribution is -2.19. The largest absolute Gasteiger partial charge is 0.316 e. The summed E-state index contributed by atoms with van der Waals surface area (Å²) in [5.74, 6) is -0.184. The van der Waals surface area contributed by atoms with Gasteiger partial charge in [0.15, 0.2) is 0 Å². The first-order chi connectivity index (χ1) is 9.03. The fourth-order valence-corrected chi connectivity index (χ4v) is 1.88. The zero-order chi connectivity index (χ0) is 14.1. The number of nitrogens with one attached hydrogen (secondary N) is 1. The molecule has 0 amide bonds. The average molecular weight is 262 g/mol. The van der Waals surface area contributed by atoms with E-state index in [4.69, 9.17) is 5.26 Å². The summed E-state index contributed by atoms with van der Waals surface area (Å²) >= 11 is 0. The highest BCUT2D eigenvalue weighted by Gasteiger charge is 2.14. The Kier molecular flexibility index (Phi) is 6.52. The topological polar surface area (TPSA) is 35.8 Å². The molecule has 0 unspecified atom stereocenters. The number of hydrogen-bond acceptors (Lipinski definition) is 2. The second-order valence-electron chi connectivity index (χ2n) is 5.58. The van der Waals surface area contributed by atoms with E-state index in [1.807, 2.05) is 26.0 Å². The Morgan fingerprint density at radius 2 is 1.84 bits per heavy atom. The summed E-state index contributed by atoms with van der Waals surface area (Å²) in [4.78, 5) is 0. The Morgan fingerprint density at radius 1 is 1.16 bits per heavy atom. The van der Waals surface area contributed by atoms with Gasteiger partial charge in [-0.2, -0.15) is 5.26 Å². The van der Waals surface area contributed by atoms with E-state index in [2.05, 4.69) is 11.4 Å². The van der Waals surface area contributed by atoms with Crippen LogP contribution in [0.15, 0.2) is 24.3 Å². The Labute approximate surface area is 115 Å². The van der Waals surface area contributed by atoms with Gasteiger partial charge in [0.2, 0.25) is 0 Å². The van der Waals surface area contributed by atoms with Crippen LogP contribution in [-0.2, 0) is 6.42 Å². The van der Waals surface area contributed by atoms with Crippen LogP contribution in [0.5, 0.6) is 0 Å². The molecule has 0 saturated carbocycles. The van der Waals surface area contributed by atoms with E-state index < -0.39 is 0 Å². The summed E-state index contributed by atoms with van der Waals surface area (Å²) in [6, 6.07) is 8.97. The van der Waals surface area contributed by atoms with E-state index in [9.17, 15) is 4.39 Å². The van der Waals surface area contributed by atoms with Gasteiger partial charge in [0.1, 0.15) is 5.82 Å². The van der Waals surface area contributed by atoms with E-state index in [0.717, 1.165) is 44.3 Å². The van der Waals surface area contributed by atoms with E-state index in [0.29, 0.717) is 0 Å². The van der Waals surface area contributed by atoms with E-state index >= 15 is 0 Å². The number of unbranched alkanes of at least 4 members (excludes halogenated alkanes) is 1.